The van der Waals surface area contributed by atoms with Crippen molar-refractivity contribution in [2.45, 2.75) is 55.8 Å². The summed E-state index contributed by atoms with van der Waals surface area (Å²) in [7, 11) is 0. The van der Waals surface area contributed by atoms with Gasteiger partial charge in [0.1, 0.15) is 11.6 Å². The lowest BCUT2D eigenvalue weighted by atomic mass is 10.2. The number of likely N-dealkylation sites (tertiary alicyclic amines) is 1. The molecule has 1 fully saturated rings. The Morgan fingerprint density at radius 2 is 1.93 bits per heavy atom. The zero-order valence-corrected chi connectivity index (χ0v) is 18.6. The lowest BCUT2D eigenvalue weighted by Crippen LogP contribution is -2.44. The van der Waals surface area contributed by atoms with Gasteiger partial charge in [0.2, 0.25) is 5.78 Å². The maximum atomic E-state index is 12.4. The molecule has 3 rings (SSSR count). The molecule has 0 aromatic heterocycles. The van der Waals surface area contributed by atoms with E-state index in [0.717, 1.165) is 3.81 Å². The van der Waals surface area contributed by atoms with Crippen LogP contribution >= 0.6 is 39.5 Å². The number of carbonyl (C=O) groups excluding carboxylic acids is 3. The molecule has 0 radical (unpaired) electrons. The molecule has 3 aliphatic heterocycles. The van der Waals surface area contributed by atoms with E-state index in [1.165, 1.54) is 16.7 Å². The molecule has 1 saturated heterocycles. The third-order valence-electron chi connectivity index (χ3n) is 4.22. The number of ether oxygens (including phenoxy) is 2. The van der Waals surface area contributed by atoms with Gasteiger partial charge in [-0.05, 0) is 55.6 Å². The summed E-state index contributed by atoms with van der Waals surface area (Å²) in [5.74, 6) is -0.748. The molecule has 148 valence electrons. The highest BCUT2D eigenvalue weighted by molar-refractivity contribution is 9.14. The van der Waals surface area contributed by atoms with E-state index in [-0.39, 0.29) is 22.9 Å². The molecule has 0 aromatic rings. The molecule has 0 spiro atoms. The van der Waals surface area contributed by atoms with Crippen LogP contribution in [-0.4, -0.2) is 58.0 Å². The van der Waals surface area contributed by atoms with Crippen molar-refractivity contribution >= 4 is 57.3 Å². The van der Waals surface area contributed by atoms with Crippen molar-refractivity contribution in [1.29, 1.82) is 0 Å². The summed E-state index contributed by atoms with van der Waals surface area (Å²) in [6.45, 7) is 5.49. The van der Waals surface area contributed by atoms with Crippen molar-refractivity contribution in [1.82, 2.24) is 4.90 Å². The van der Waals surface area contributed by atoms with E-state index in [0.29, 0.717) is 24.3 Å². The Hall–Kier alpha value is -0.930. The first-order valence-corrected chi connectivity index (χ1v) is 11.3. The van der Waals surface area contributed by atoms with Gasteiger partial charge in [-0.15, -0.1) is 23.5 Å². The van der Waals surface area contributed by atoms with E-state index >= 15 is 0 Å². The molecule has 0 aromatic carbocycles. The number of hydrogen-bond acceptors (Lipinski definition) is 7. The van der Waals surface area contributed by atoms with E-state index in [2.05, 4.69) is 22.0 Å². The Morgan fingerprint density at radius 1 is 1.22 bits per heavy atom. The van der Waals surface area contributed by atoms with Crippen LogP contribution in [0.4, 0.5) is 4.79 Å². The van der Waals surface area contributed by atoms with Crippen LogP contribution in [0.15, 0.2) is 20.9 Å². The fraction of sp³-hybridized carbons (Fsp3) is 0.611. The van der Waals surface area contributed by atoms with Gasteiger partial charge in [-0.1, -0.05) is 6.08 Å². The number of halogens is 1. The number of rotatable bonds is 4. The number of fused-ring (bicyclic) bond motifs is 1. The van der Waals surface area contributed by atoms with Crippen molar-refractivity contribution < 1.29 is 23.9 Å². The van der Waals surface area contributed by atoms with Crippen LogP contribution in [0.5, 0.6) is 0 Å². The molecule has 0 aliphatic carbocycles. The van der Waals surface area contributed by atoms with E-state index in [9.17, 15) is 14.4 Å². The monoisotopic (exact) mass is 475 g/mol. The summed E-state index contributed by atoms with van der Waals surface area (Å²) in [5.41, 5.74) is -0.629. The summed E-state index contributed by atoms with van der Waals surface area (Å²) >= 11 is 6.63. The van der Waals surface area contributed by atoms with Gasteiger partial charge in [-0.25, -0.2) is 9.59 Å². The highest BCUT2D eigenvalue weighted by Gasteiger charge is 2.39. The van der Waals surface area contributed by atoms with E-state index < -0.39 is 23.7 Å². The largest absolute Gasteiger partial charge is 0.456 e. The zero-order valence-electron chi connectivity index (χ0n) is 15.4. The molecule has 3 atom stereocenters. The lowest BCUT2D eigenvalue weighted by Gasteiger charge is -2.27. The number of nitrogens with zero attached hydrogens (tertiary/aromatic N) is 1. The third-order valence-corrected chi connectivity index (χ3v) is 7.60. The molecule has 6 nitrogen and oxygen atoms in total. The van der Waals surface area contributed by atoms with Crippen LogP contribution in [0.2, 0.25) is 0 Å². The number of amides is 1. The molecule has 0 N–H and O–H groups in total. The summed E-state index contributed by atoms with van der Waals surface area (Å²) in [6.07, 6.45) is 4.72. The van der Waals surface area contributed by atoms with Crippen molar-refractivity contribution in [3.63, 3.8) is 0 Å². The molecular weight excluding hydrogens is 454 g/mol. The summed E-state index contributed by atoms with van der Waals surface area (Å²) in [4.78, 5) is 39.1. The van der Waals surface area contributed by atoms with Gasteiger partial charge in [0, 0.05) is 20.9 Å². The smallest absolute Gasteiger partial charge is 0.411 e. The number of esters is 1. The van der Waals surface area contributed by atoms with Crippen LogP contribution in [0.3, 0.4) is 0 Å². The van der Waals surface area contributed by atoms with Crippen LogP contribution in [-0.2, 0) is 19.1 Å². The molecule has 1 amide bonds. The number of ketones is 1. The van der Waals surface area contributed by atoms with Crippen molar-refractivity contribution in [2.75, 3.05) is 13.2 Å². The second-order valence-corrected chi connectivity index (χ2v) is 11.3. The molecule has 27 heavy (non-hydrogen) atoms. The minimum atomic E-state index is -0.688. The van der Waals surface area contributed by atoms with E-state index in [4.69, 9.17) is 9.47 Å². The second kappa shape index (κ2) is 8.21. The lowest BCUT2D eigenvalue weighted by molar-refractivity contribution is -0.151. The van der Waals surface area contributed by atoms with E-state index in [1.54, 1.807) is 32.5 Å². The molecule has 3 aliphatic rings. The summed E-state index contributed by atoms with van der Waals surface area (Å²) in [5, 5.41) is 0.494. The highest BCUT2D eigenvalue weighted by Crippen LogP contribution is 2.49. The minimum absolute atomic E-state index is 0.199. The van der Waals surface area contributed by atoms with Gasteiger partial charge in [0.05, 0.1) is 4.91 Å². The quantitative estimate of drug-likeness (QED) is 0.571. The second-order valence-electron chi connectivity index (χ2n) is 7.53. The molecule has 3 heterocycles. The number of thioether (sulfide) groups is 2. The third kappa shape index (κ3) is 5.12. The average Bonchev–Trinajstić information content (AvgIpc) is 3.24. The fourth-order valence-corrected chi connectivity index (χ4v) is 6.68. The SMILES string of the molecule is CC(C)(C)OC(=O)N1CCC[C@H]1C(=O)OCC(=O)C1=CC2SC(Br)=CC2S1. The Labute approximate surface area is 175 Å². The van der Waals surface area contributed by atoms with Gasteiger partial charge in [0.25, 0.3) is 0 Å². The van der Waals surface area contributed by atoms with Crippen molar-refractivity contribution in [2.24, 2.45) is 0 Å². The molecule has 2 unspecified atom stereocenters. The molecule has 9 heteroatoms. The Kier molecular flexibility index (Phi) is 6.32. The summed E-state index contributed by atoms with van der Waals surface area (Å²) < 4.78 is 11.7. The maximum Gasteiger partial charge on any atom is 0.411 e. The molecular formula is C18H22BrNO5S2. The van der Waals surface area contributed by atoms with Crippen LogP contribution in [0, 0.1) is 0 Å². The van der Waals surface area contributed by atoms with Crippen molar-refractivity contribution in [3.8, 4) is 0 Å². The van der Waals surface area contributed by atoms with Crippen LogP contribution < -0.4 is 0 Å². The zero-order chi connectivity index (χ0) is 19.8. The van der Waals surface area contributed by atoms with Gasteiger partial charge in [-0.3, -0.25) is 9.69 Å². The molecule has 0 bridgehead atoms. The first-order valence-electron chi connectivity index (χ1n) is 8.76. The van der Waals surface area contributed by atoms with Gasteiger partial charge in [0.15, 0.2) is 6.61 Å². The predicted octanol–water partition coefficient (Wildman–Crippen LogP) is 3.85. The first kappa shape index (κ1) is 20.8. The maximum absolute atomic E-state index is 12.4. The summed E-state index contributed by atoms with van der Waals surface area (Å²) in [6, 6.07) is -0.688. The van der Waals surface area contributed by atoms with Gasteiger partial charge < -0.3 is 9.47 Å². The Balaban J connectivity index is 1.51. The first-order chi connectivity index (χ1) is 12.6. The standard InChI is InChI=1S/C18H22BrNO5S2/c1-18(2,3)25-17(23)20-6-4-5-10(20)16(22)24-9-11(21)12-7-13-14(26-12)8-15(19)27-13/h7-8,10,13-14H,4-6,9H2,1-3H3/t10-,13?,14?/m0/s1. The Bertz CT molecular complexity index is 715. The minimum Gasteiger partial charge on any atom is -0.456 e. The number of carbonyl (C=O) groups is 3. The Morgan fingerprint density at radius 3 is 2.59 bits per heavy atom. The highest BCUT2D eigenvalue weighted by atomic mass is 79.9. The predicted molar refractivity (Wildman–Crippen MR) is 110 cm³/mol. The van der Waals surface area contributed by atoms with Crippen molar-refractivity contribution in [3.05, 3.63) is 20.9 Å². The fourth-order valence-electron chi connectivity index (χ4n) is 3.04. The van der Waals surface area contributed by atoms with Gasteiger partial charge in [-0.2, -0.15) is 0 Å². The van der Waals surface area contributed by atoms with Crippen LogP contribution in [0.25, 0.3) is 0 Å². The average molecular weight is 476 g/mol. The topological polar surface area (TPSA) is 72.9 Å². The van der Waals surface area contributed by atoms with E-state index in [1.807, 2.05) is 6.08 Å². The normalized spacial score (nSPS) is 27.1. The van der Waals surface area contributed by atoms with Gasteiger partial charge >= 0.3 is 12.1 Å². The molecule has 0 saturated carbocycles. The van der Waals surface area contributed by atoms with Crippen LogP contribution in [0.1, 0.15) is 33.6 Å². The number of hydrogen-bond donors (Lipinski definition) is 0. The number of Topliss-reactive ketones (excluding diaryl/α,β-unsaturated/α-hetero) is 1.